The van der Waals surface area contributed by atoms with Crippen LogP contribution in [0.15, 0.2) is 59.8 Å². The first kappa shape index (κ1) is 21.8. The van der Waals surface area contributed by atoms with Gasteiger partial charge in [-0.3, -0.25) is 14.5 Å². The van der Waals surface area contributed by atoms with Gasteiger partial charge in [-0.05, 0) is 53.8 Å². The Bertz CT molecular complexity index is 1150. The average molecular weight is 438 g/mol. The Labute approximate surface area is 184 Å². The van der Waals surface area contributed by atoms with Crippen LogP contribution in [0.3, 0.4) is 0 Å². The van der Waals surface area contributed by atoms with Crippen LogP contribution in [0, 0.1) is 16.7 Å². The molecule has 1 unspecified atom stereocenters. The van der Waals surface area contributed by atoms with E-state index < -0.39 is 17.7 Å². The van der Waals surface area contributed by atoms with Crippen molar-refractivity contribution < 1.29 is 22.8 Å². The maximum atomic E-state index is 13.3. The van der Waals surface area contributed by atoms with Crippen molar-refractivity contribution in [1.29, 1.82) is 5.26 Å². The van der Waals surface area contributed by atoms with Crippen molar-refractivity contribution in [2.24, 2.45) is 5.41 Å². The molecule has 0 bridgehead atoms. The highest BCUT2D eigenvalue weighted by molar-refractivity contribution is 6.07. The normalized spacial score (nSPS) is 20.8. The van der Waals surface area contributed by atoms with Gasteiger partial charge in [-0.1, -0.05) is 26.0 Å². The third kappa shape index (κ3) is 3.93. The first-order valence-electron chi connectivity index (χ1n) is 10.3. The topological polar surface area (TPSA) is 61.2 Å². The minimum Gasteiger partial charge on any atom is -0.294 e. The van der Waals surface area contributed by atoms with E-state index in [9.17, 15) is 22.8 Å². The molecule has 2 aromatic carbocycles. The summed E-state index contributed by atoms with van der Waals surface area (Å²) in [5.74, 6) is -0.908. The fourth-order valence-corrected chi connectivity index (χ4v) is 4.59. The summed E-state index contributed by atoms with van der Waals surface area (Å²) < 4.78 is 39.0. The van der Waals surface area contributed by atoms with Gasteiger partial charge in [0.15, 0.2) is 5.78 Å². The summed E-state index contributed by atoms with van der Waals surface area (Å²) in [6.07, 6.45) is -3.69. The van der Waals surface area contributed by atoms with E-state index >= 15 is 0 Å². The fraction of sp³-hybridized carbons (Fsp3) is 0.320. The number of amides is 1. The second-order valence-electron chi connectivity index (χ2n) is 9.07. The monoisotopic (exact) mass is 438 g/mol. The van der Waals surface area contributed by atoms with Gasteiger partial charge >= 0.3 is 6.18 Å². The standard InChI is InChI=1S/C25H21F3N2O2/c1-24(2)12-20-23(21(31)13-24)19(16-5-7-17(8-6-16)25(26,27)28)11-22(32)30(20)18-9-3-15(14-29)4-10-18/h3-10,19H,11-13H2,1-2H3. The molecule has 0 aromatic heterocycles. The number of alkyl halides is 3. The van der Waals surface area contributed by atoms with E-state index in [2.05, 4.69) is 0 Å². The van der Waals surface area contributed by atoms with Crippen molar-refractivity contribution >= 4 is 17.4 Å². The lowest BCUT2D eigenvalue weighted by molar-refractivity contribution is -0.137. The molecule has 1 heterocycles. The number of carbonyl (C=O) groups is 2. The average Bonchev–Trinajstić information content (AvgIpc) is 2.72. The van der Waals surface area contributed by atoms with Crippen LogP contribution in [0.5, 0.6) is 0 Å². The van der Waals surface area contributed by atoms with Crippen LogP contribution in [0.4, 0.5) is 18.9 Å². The van der Waals surface area contributed by atoms with Gasteiger partial charge in [0.1, 0.15) is 0 Å². The molecule has 0 N–H and O–H groups in total. The van der Waals surface area contributed by atoms with E-state index in [0.717, 1.165) is 12.1 Å². The minimum atomic E-state index is -4.46. The number of allylic oxidation sites excluding steroid dienone is 2. The summed E-state index contributed by atoms with van der Waals surface area (Å²) in [5.41, 5.74) is 1.50. The van der Waals surface area contributed by atoms with Crippen molar-refractivity contribution in [3.05, 3.63) is 76.5 Å². The second-order valence-corrected chi connectivity index (χ2v) is 9.07. The SMILES string of the molecule is CC1(C)CC(=O)C2=C(C1)N(c1ccc(C#N)cc1)C(=O)CC2c1ccc(C(F)(F)F)cc1. The van der Waals surface area contributed by atoms with Gasteiger partial charge in [-0.15, -0.1) is 0 Å². The molecule has 0 spiro atoms. The predicted octanol–water partition coefficient (Wildman–Crippen LogP) is 5.74. The Morgan fingerprint density at radius 3 is 2.19 bits per heavy atom. The number of nitriles is 1. The lowest BCUT2D eigenvalue weighted by atomic mass is 9.69. The van der Waals surface area contributed by atoms with Crippen molar-refractivity contribution in [2.75, 3.05) is 4.90 Å². The Morgan fingerprint density at radius 2 is 1.62 bits per heavy atom. The van der Waals surface area contributed by atoms with E-state index in [-0.39, 0.29) is 23.5 Å². The third-order valence-corrected chi connectivity index (χ3v) is 6.04. The van der Waals surface area contributed by atoms with Gasteiger partial charge in [0.05, 0.1) is 17.2 Å². The number of nitrogens with zero attached hydrogens (tertiary/aromatic N) is 2. The summed E-state index contributed by atoms with van der Waals surface area (Å²) in [7, 11) is 0. The van der Waals surface area contributed by atoms with Gasteiger partial charge in [-0.2, -0.15) is 18.4 Å². The van der Waals surface area contributed by atoms with E-state index in [1.54, 1.807) is 24.3 Å². The zero-order valence-corrected chi connectivity index (χ0v) is 17.7. The number of rotatable bonds is 2. The van der Waals surface area contributed by atoms with E-state index in [4.69, 9.17) is 5.26 Å². The molecule has 164 valence electrons. The first-order chi connectivity index (χ1) is 15.0. The van der Waals surface area contributed by atoms with Crippen LogP contribution in [0.25, 0.3) is 0 Å². The molecule has 4 rings (SSSR count). The van der Waals surface area contributed by atoms with Crippen LogP contribution in [0.1, 0.15) is 55.7 Å². The molecular weight excluding hydrogens is 417 g/mol. The third-order valence-electron chi connectivity index (χ3n) is 6.04. The maximum Gasteiger partial charge on any atom is 0.416 e. The highest BCUT2D eigenvalue weighted by Gasteiger charge is 2.44. The maximum absolute atomic E-state index is 13.3. The summed E-state index contributed by atoms with van der Waals surface area (Å²) >= 11 is 0. The molecule has 32 heavy (non-hydrogen) atoms. The molecule has 7 heteroatoms. The number of hydrogen-bond acceptors (Lipinski definition) is 3. The number of ketones is 1. The molecule has 1 atom stereocenters. The van der Waals surface area contributed by atoms with Crippen LogP contribution in [-0.4, -0.2) is 11.7 Å². The second kappa shape index (κ2) is 7.63. The number of carbonyl (C=O) groups excluding carboxylic acids is 2. The highest BCUT2D eigenvalue weighted by Crippen LogP contribution is 2.48. The van der Waals surface area contributed by atoms with E-state index in [0.29, 0.717) is 40.9 Å². The van der Waals surface area contributed by atoms with Gasteiger partial charge in [0.2, 0.25) is 5.91 Å². The Balaban J connectivity index is 1.83. The Kier molecular flexibility index (Phi) is 5.20. The molecule has 0 saturated heterocycles. The largest absolute Gasteiger partial charge is 0.416 e. The van der Waals surface area contributed by atoms with Crippen molar-refractivity contribution in [2.45, 2.75) is 45.2 Å². The fourth-order valence-electron chi connectivity index (χ4n) is 4.59. The van der Waals surface area contributed by atoms with Gasteiger partial charge in [-0.25, -0.2) is 0 Å². The molecule has 1 aliphatic carbocycles. The molecule has 1 amide bonds. The zero-order chi connectivity index (χ0) is 23.3. The molecular formula is C25H21F3N2O2. The summed E-state index contributed by atoms with van der Waals surface area (Å²) in [6, 6.07) is 13.3. The van der Waals surface area contributed by atoms with Gasteiger partial charge in [0.25, 0.3) is 0 Å². The van der Waals surface area contributed by atoms with Crippen LogP contribution >= 0.6 is 0 Å². The molecule has 2 aromatic rings. The van der Waals surface area contributed by atoms with Gasteiger partial charge in [0, 0.05) is 35.7 Å². The summed E-state index contributed by atoms with van der Waals surface area (Å²) in [5, 5.41) is 9.06. The minimum absolute atomic E-state index is 0.0175. The van der Waals surface area contributed by atoms with E-state index in [1.807, 2.05) is 19.9 Å². The number of halogens is 3. The number of benzene rings is 2. The summed E-state index contributed by atoms with van der Waals surface area (Å²) in [4.78, 5) is 28.0. The molecule has 0 saturated carbocycles. The molecule has 2 aliphatic rings. The van der Waals surface area contributed by atoms with Crippen molar-refractivity contribution in [3.63, 3.8) is 0 Å². The number of anilines is 1. The highest BCUT2D eigenvalue weighted by atomic mass is 19.4. The molecule has 0 fully saturated rings. The first-order valence-corrected chi connectivity index (χ1v) is 10.3. The number of Topliss-reactive ketones (excluding diaryl/α,β-unsaturated/α-hetero) is 1. The van der Waals surface area contributed by atoms with Crippen LogP contribution < -0.4 is 4.90 Å². The smallest absolute Gasteiger partial charge is 0.294 e. The zero-order valence-electron chi connectivity index (χ0n) is 17.7. The van der Waals surface area contributed by atoms with Crippen molar-refractivity contribution in [1.82, 2.24) is 0 Å². The van der Waals surface area contributed by atoms with Crippen LogP contribution in [-0.2, 0) is 15.8 Å². The predicted molar refractivity (Wildman–Crippen MR) is 112 cm³/mol. The van der Waals surface area contributed by atoms with E-state index in [1.165, 1.54) is 17.0 Å². The Hall–Kier alpha value is -3.40. The number of hydrogen-bond donors (Lipinski definition) is 0. The summed E-state index contributed by atoms with van der Waals surface area (Å²) in [6.45, 7) is 3.91. The Morgan fingerprint density at radius 1 is 1.00 bits per heavy atom. The molecule has 1 aliphatic heterocycles. The molecule has 0 radical (unpaired) electrons. The van der Waals surface area contributed by atoms with Gasteiger partial charge < -0.3 is 0 Å². The van der Waals surface area contributed by atoms with Crippen LogP contribution in [0.2, 0.25) is 0 Å². The quantitative estimate of drug-likeness (QED) is 0.601. The molecule has 4 nitrogen and oxygen atoms in total. The lowest BCUT2D eigenvalue weighted by Gasteiger charge is -2.43. The lowest BCUT2D eigenvalue weighted by Crippen LogP contribution is -2.43. The van der Waals surface area contributed by atoms with Crippen molar-refractivity contribution in [3.8, 4) is 6.07 Å².